The molecule has 3 N–H and O–H groups in total. The lowest BCUT2D eigenvalue weighted by molar-refractivity contribution is -0.139. The third-order valence-corrected chi connectivity index (χ3v) is 6.44. The van der Waals surface area contributed by atoms with Crippen molar-refractivity contribution < 1.29 is 22.7 Å². The van der Waals surface area contributed by atoms with Gasteiger partial charge in [-0.15, -0.1) is 0 Å². The van der Waals surface area contributed by atoms with Gasteiger partial charge in [-0.1, -0.05) is 30.3 Å². The van der Waals surface area contributed by atoms with Gasteiger partial charge in [0, 0.05) is 5.92 Å². The molecule has 0 aliphatic heterocycles. The Morgan fingerprint density at radius 3 is 2.17 bits per heavy atom. The Hall–Kier alpha value is -2.25. The molecule has 1 saturated carbocycles. The first-order valence-corrected chi connectivity index (χ1v) is 8.41. The third kappa shape index (κ3) is 2.32. The van der Waals surface area contributed by atoms with E-state index < -0.39 is 38.3 Å². The minimum atomic E-state index is -3.93. The van der Waals surface area contributed by atoms with Gasteiger partial charge >= 0.3 is 5.97 Å². The van der Waals surface area contributed by atoms with Crippen LogP contribution in [0.15, 0.2) is 59.5 Å². The number of hydrogen-bond donors (Lipinski definition) is 2. The van der Waals surface area contributed by atoms with E-state index in [9.17, 15) is 22.7 Å². The molecule has 1 aliphatic carbocycles. The van der Waals surface area contributed by atoms with E-state index in [1.54, 1.807) is 18.2 Å². The highest BCUT2D eigenvalue weighted by molar-refractivity contribution is 7.92. The van der Waals surface area contributed by atoms with Crippen molar-refractivity contribution in [1.29, 1.82) is 0 Å². The van der Waals surface area contributed by atoms with Crippen molar-refractivity contribution in [2.45, 2.75) is 21.6 Å². The lowest BCUT2D eigenvalue weighted by Crippen LogP contribution is -2.39. The lowest BCUT2D eigenvalue weighted by Gasteiger charge is -2.06. The standard InChI is InChI=1S/C16H14FNO4S/c17-11-8-6-10(7-9-11)13-14(16(13,18)15(19)20)23(21,22)12-4-2-1-3-5-12/h1-9,13-14H,18H2,(H,19,20)/t13-,14+,16+/m1/s1. The number of halogens is 1. The average Bonchev–Trinajstić information content (AvgIpc) is 3.18. The molecule has 1 fully saturated rings. The zero-order valence-electron chi connectivity index (χ0n) is 11.9. The minimum absolute atomic E-state index is 0.0192. The summed E-state index contributed by atoms with van der Waals surface area (Å²) in [7, 11) is -3.93. The normalized spacial score (nSPS) is 26.7. The van der Waals surface area contributed by atoms with E-state index in [-0.39, 0.29) is 4.90 Å². The van der Waals surface area contributed by atoms with E-state index in [1.165, 1.54) is 24.3 Å². The highest BCUT2D eigenvalue weighted by Crippen LogP contribution is 2.55. The van der Waals surface area contributed by atoms with Gasteiger partial charge in [-0.2, -0.15) is 0 Å². The van der Waals surface area contributed by atoms with Crippen LogP contribution in [-0.4, -0.2) is 30.3 Å². The van der Waals surface area contributed by atoms with Crippen molar-refractivity contribution in [3.63, 3.8) is 0 Å². The number of carboxylic acid groups (broad SMARTS) is 1. The van der Waals surface area contributed by atoms with Crippen LogP contribution in [0.5, 0.6) is 0 Å². The van der Waals surface area contributed by atoms with Crippen molar-refractivity contribution >= 4 is 15.8 Å². The van der Waals surface area contributed by atoms with Crippen LogP contribution in [0.4, 0.5) is 4.39 Å². The molecule has 3 rings (SSSR count). The minimum Gasteiger partial charge on any atom is -0.480 e. The molecule has 0 saturated heterocycles. The predicted octanol–water partition coefficient (Wildman–Crippen LogP) is 1.55. The van der Waals surface area contributed by atoms with Crippen LogP contribution in [0.2, 0.25) is 0 Å². The molecule has 0 unspecified atom stereocenters. The van der Waals surface area contributed by atoms with E-state index >= 15 is 0 Å². The zero-order chi connectivity index (χ0) is 16.8. The van der Waals surface area contributed by atoms with Gasteiger partial charge < -0.3 is 10.8 Å². The fraction of sp³-hybridized carbons (Fsp3) is 0.188. The molecular formula is C16H14FNO4S. The maximum Gasteiger partial charge on any atom is 0.325 e. The van der Waals surface area contributed by atoms with E-state index in [0.717, 1.165) is 12.1 Å². The Bertz CT molecular complexity index is 851. The summed E-state index contributed by atoms with van der Waals surface area (Å²) in [5.41, 5.74) is 4.36. The van der Waals surface area contributed by atoms with Gasteiger partial charge in [0.05, 0.1) is 4.90 Å². The van der Waals surface area contributed by atoms with Crippen LogP contribution in [-0.2, 0) is 14.6 Å². The Morgan fingerprint density at radius 2 is 1.65 bits per heavy atom. The van der Waals surface area contributed by atoms with Crippen molar-refractivity contribution in [2.75, 3.05) is 0 Å². The van der Waals surface area contributed by atoms with Crippen LogP contribution in [0.25, 0.3) is 0 Å². The molecule has 0 heterocycles. The predicted molar refractivity (Wildman–Crippen MR) is 81.1 cm³/mol. The van der Waals surface area contributed by atoms with Crippen LogP contribution in [0.3, 0.4) is 0 Å². The molecule has 7 heteroatoms. The first-order chi connectivity index (χ1) is 10.8. The maximum atomic E-state index is 13.1. The van der Waals surface area contributed by atoms with Gasteiger partial charge in [-0.25, -0.2) is 12.8 Å². The van der Waals surface area contributed by atoms with E-state index in [1.807, 2.05) is 0 Å². The van der Waals surface area contributed by atoms with E-state index in [2.05, 4.69) is 0 Å². The smallest absolute Gasteiger partial charge is 0.325 e. The average molecular weight is 335 g/mol. The number of aliphatic carboxylic acids is 1. The van der Waals surface area contributed by atoms with E-state index in [0.29, 0.717) is 5.56 Å². The third-order valence-electron chi connectivity index (χ3n) is 4.18. The summed E-state index contributed by atoms with van der Waals surface area (Å²) >= 11 is 0. The van der Waals surface area contributed by atoms with Gasteiger partial charge in [-0.3, -0.25) is 4.79 Å². The second-order valence-electron chi connectivity index (χ2n) is 5.55. The summed E-state index contributed by atoms with van der Waals surface area (Å²) < 4.78 is 38.5. The summed E-state index contributed by atoms with van der Waals surface area (Å²) in [6.45, 7) is 0. The molecule has 0 spiro atoms. The van der Waals surface area contributed by atoms with Crippen molar-refractivity contribution in [2.24, 2.45) is 5.73 Å². The highest BCUT2D eigenvalue weighted by Gasteiger charge is 2.74. The van der Waals surface area contributed by atoms with Crippen LogP contribution in [0.1, 0.15) is 11.5 Å². The second kappa shape index (κ2) is 5.14. The Balaban J connectivity index is 2.07. The SMILES string of the molecule is N[C@@]1(C(=O)O)[C@H](c2ccc(F)cc2)[C@@H]1S(=O)(=O)c1ccccc1. The Morgan fingerprint density at radius 1 is 1.09 bits per heavy atom. The number of benzene rings is 2. The van der Waals surface area contributed by atoms with Gasteiger partial charge in [0.15, 0.2) is 9.84 Å². The summed E-state index contributed by atoms with van der Waals surface area (Å²) in [5, 5.41) is 8.12. The van der Waals surface area contributed by atoms with Gasteiger partial charge in [-0.05, 0) is 29.8 Å². The summed E-state index contributed by atoms with van der Waals surface area (Å²) in [5.74, 6) is -2.81. The largest absolute Gasteiger partial charge is 0.480 e. The number of carbonyl (C=O) groups is 1. The molecule has 120 valence electrons. The van der Waals surface area contributed by atoms with Crippen LogP contribution >= 0.6 is 0 Å². The van der Waals surface area contributed by atoms with Gasteiger partial charge in [0.1, 0.15) is 16.6 Å². The van der Waals surface area contributed by atoms with E-state index in [4.69, 9.17) is 5.73 Å². The quantitative estimate of drug-likeness (QED) is 0.883. The van der Waals surface area contributed by atoms with Gasteiger partial charge in [0.25, 0.3) is 0 Å². The summed E-state index contributed by atoms with van der Waals surface area (Å²) in [6.07, 6.45) is 0. The molecule has 2 aromatic rings. The molecule has 0 amide bonds. The topological polar surface area (TPSA) is 97.5 Å². The summed E-state index contributed by atoms with van der Waals surface area (Å²) in [6, 6.07) is 12.6. The first kappa shape index (κ1) is 15.6. The van der Waals surface area contributed by atoms with Crippen LogP contribution in [0, 0.1) is 5.82 Å². The van der Waals surface area contributed by atoms with Gasteiger partial charge in [0.2, 0.25) is 0 Å². The highest BCUT2D eigenvalue weighted by atomic mass is 32.2. The molecule has 0 radical (unpaired) electrons. The second-order valence-corrected chi connectivity index (χ2v) is 7.62. The lowest BCUT2D eigenvalue weighted by atomic mass is 10.1. The first-order valence-electron chi connectivity index (χ1n) is 6.86. The number of carboxylic acids is 1. The van der Waals surface area contributed by atoms with Crippen LogP contribution < -0.4 is 5.73 Å². The Kier molecular flexibility index (Phi) is 3.50. The molecular weight excluding hydrogens is 321 g/mol. The fourth-order valence-electron chi connectivity index (χ4n) is 2.94. The fourth-order valence-corrected chi connectivity index (χ4v) is 5.19. The molecule has 0 bridgehead atoms. The number of sulfone groups is 1. The molecule has 3 atom stereocenters. The molecule has 23 heavy (non-hydrogen) atoms. The van der Waals surface area contributed by atoms with Crippen molar-refractivity contribution in [1.82, 2.24) is 0 Å². The Labute approximate surface area is 132 Å². The molecule has 2 aromatic carbocycles. The number of nitrogens with two attached hydrogens (primary N) is 1. The van der Waals surface area contributed by atoms with Crippen molar-refractivity contribution in [3.8, 4) is 0 Å². The summed E-state index contributed by atoms with van der Waals surface area (Å²) in [4.78, 5) is 11.6. The molecule has 1 aliphatic rings. The monoisotopic (exact) mass is 335 g/mol. The number of hydrogen-bond acceptors (Lipinski definition) is 4. The maximum absolute atomic E-state index is 13.1. The molecule has 5 nitrogen and oxygen atoms in total. The van der Waals surface area contributed by atoms with Crippen molar-refractivity contribution in [3.05, 3.63) is 66.0 Å². The molecule has 0 aromatic heterocycles. The number of rotatable bonds is 4. The zero-order valence-corrected chi connectivity index (χ0v) is 12.7.